The summed E-state index contributed by atoms with van der Waals surface area (Å²) in [4.78, 5) is 8.98. The van der Waals surface area contributed by atoms with Gasteiger partial charge in [0.2, 0.25) is 0 Å². The van der Waals surface area contributed by atoms with Gasteiger partial charge in [-0.25, -0.2) is 0 Å². The highest BCUT2D eigenvalue weighted by Crippen LogP contribution is 2.24. The van der Waals surface area contributed by atoms with Crippen LogP contribution in [0.2, 0.25) is 0 Å². The lowest BCUT2D eigenvalue weighted by Crippen LogP contribution is -2.39. The Labute approximate surface area is 99.5 Å². The molecule has 16 heavy (non-hydrogen) atoms. The summed E-state index contributed by atoms with van der Waals surface area (Å²) in [6.45, 7) is 9.52. The normalized spacial score (nSPS) is 18.9. The lowest BCUT2D eigenvalue weighted by molar-refractivity contribution is 0.236. The Morgan fingerprint density at radius 3 is 2.38 bits per heavy atom. The fourth-order valence-electron chi connectivity index (χ4n) is 1.95. The third kappa shape index (κ3) is 3.67. The molecule has 1 fully saturated rings. The molecule has 0 aromatic rings. The van der Waals surface area contributed by atoms with Crippen LogP contribution in [0.1, 0.15) is 33.6 Å². The van der Waals surface area contributed by atoms with E-state index < -0.39 is 0 Å². The lowest BCUT2D eigenvalue weighted by Gasteiger charge is -2.25. The van der Waals surface area contributed by atoms with Crippen LogP contribution in [0.15, 0.2) is 4.99 Å². The zero-order valence-corrected chi connectivity index (χ0v) is 11.1. The van der Waals surface area contributed by atoms with Crippen LogP contribution in [0.4, 0.5) is 0 Å². The lowest BCUT2D eigenvalue weighted by atomic mass is 10.3. The van der Waals surface area contributed by atoms with Gasteiger partial charge in [-0.2, -0.15) is 0 Å². The van der Waals surface area contributed by atoms with E-state index in [1.54, 1.807) is 0 Å². The number of rotatable bonds is 6. The maximum atomic E-state index is 5.95. The molecular weight excluding hydrogens is 200 g/mol. The van der Waals surface area contributed by atoms with Crippen LogP contribution in [-0.4, -0.2) is 54.5 Å². The summed E-state index contributed by atoms with van der Waals surface area (Å²) in [6.07, 6.45) is 2.52. The number of likely N-dealkylation sites (N-methyl/N-ethyl adjacent to an activating group) is 1. The van der Waals surface area contributed by atoms with Gasteiger partial charge in [0, 0.05) is 19.1 Å². The van der Waals surface area contributed by atoms with Gasteiger partial charge in [0.25, 0.3) is 0 Å². The summed E-state index contributed by atoms with van der Waals surface area (Å²) in [5.41, 5.74) is 5.95. The van der Waals surface area contributed by atoms with Crippen LogP contribution in [0, 0.1) is 0 Å². The zero-order chi connectivity index (χ0) is 12.1. The molecule has 1 aliphatic carbocycles. The number of hydrogen-bond acceptors (Lipinski definition) is 2. The predicted molar refractivity (Wildman–Crippen MR) is 69.7 cm³/mol. The molecule has 0 saturated heterocycles. The third-order valence-corrected chi connectivity index (χ3v) is 3.41. The molecule has 0 spiro atoms. The van der Waals surface area contributed by atoms with Crippen molar-refractivity contribution >= 4 is 5.96 Å². The van der Waals surface area contributed by atoms with Crippen LogP contribution in [0.5, 0.6) is 0 Å². The molecule has 4 heteroatoms. The first kappa shape index (κ1) is 13.3. The van der Waals surface area contributed by atoms with Gasteiger partial charge in [0.15, 0.2) is 5.96 Å². The van der Waals surface area contributed by atoms with E-state index in [4.69, 9.17) is 5.73 Å². The predicted octanol–water partition coefficient (Wildman–Crippen LogP) is 1.13. The van der Waals surface area contributed by atoms with Gasteiger partial charge in [-0.1, -0.05) is 13.8 Å². The minimum atomic E-state index is 0.473. The van der Waals surface area contributed by atoms with Crippen molar-refractivity contribution in [2.24, 2.45) is 10.7 Å². The van der Waals surface area contributed by atoms with Gasteiger partial charge in [-0.05, 0) is 32.9 Å². The number of nitrogens with two attached hydrogens (primary N) is 1. The fourth-order valence-corrected chi connectivity index (χ4v) is 1.95. The molecule has 0 aromatic heterocycles. The Bertz CT molecular complexity index is 231. The molecule has 1 aliphatic rings. The summed E-state index contributed by atoms with van der Waals surface area (Å²) < 4.78 is 0. The maximum absolute atomic E-state index is 5.95. The van der Waals surface area contributed by atoms with Gasteiger partial charge in [-0.3, -0.25) is 9.89 Å². The molecule has 1 unspecified atom stereocenters. The third-order valence-electron chi connectivity index (χ3n) is 3.41. The van der Waals surface area contributed by atoms with Crippen molar-refractivity contribution in [2.75, 3.05) is 26.7 Å². The van der Waals surface area contributed by atoms with E-state index in [1.807, 2.05) is 7.05 Å². The second kappa shape index (κ2) is 6.09. The quantitative estimate of drug-likeness (QED) is 0.545. The van der Waals surface area contributed by atoms with Crippen molar-refractivity contribution in [3.63, 3.8) is 0 Å². The van der Waals surface area contributed by atoms with E-state index in [0.29, 0.717) is 18.0 Å². The smallest absolute Gasteiger partial charge is 0.191 e. The van der Waals surface area contributed by atoms with E-state index in [2.05, 4.69) is 35.6 Å². The molecule has 2 N–H and O–H groups in total. The van der Waals surface area contributed by atoms with Crippen molar-refractivity contribution in [3.05, 3.63) is 0 Å². The van der Waals surface area contributed by atoms with E-state index in [1.165, 1.54) is 12.8 Å². The number of nitrogens with zero attached hydrogens (tertiary/aromatic N) is 3. The molecule has 1 atom stereocenters. The highest BCUT2D eigenvalue weighted by Gasteiger charge is 2.27. The summed E-state index contributed by atoms with van der Waals surface area (Å²) in [5.74, 6) is 0.696. The van der Waals surface area contributed by atoms with Crippen LogP contribution >= 0.6 is 0 Å². The first-order chi connectivity index (χ1) is 7.60. The first-order valence-corrected chi connectivity index (χ1v) is 6.36. The minimum Gasteiger partial charge on any atom is -0.370 e. The van der Waals surface area contributed by atoms with Crippen LogP contribution in [-0.2, 0) is 0 Å². The molecule has 1 rings (SSSR count). The highest BCUT2D eigenvalue weighted by molar-refractivity contribution is 5.78. The Morgan fingerprint density at radius 2 is 1.94 bits per heavy atom. The van der Waals surface area contributed by atoms with Crippen molar-refractivity contribution < 1.29 is 0 Å². The molecular formula is C12H26N4. The molecule has 94 valence electrons. The van der Waals surface area contributed by atoms with Gasteiger partial charge in [-0.15, -0.1) is 0 Å². The van der Waals surface area contributed by atoms with Crippen molar-refractivity contribution in [1.82, 2.24) is 9.80 Å². The van der Waals surface area contributed by atoms with Crippen molar-refractivity contribution in [1.29, 1.82) is 0 Å². The molecule has 0 heterocycles. The fraction of sp³-hybridized carbons (Fsp3) is 0.917. The van der Waals surface area contributed by atoms with Crippen LogP contribution in [0.3, 0.4) is 0 Å². The molecule has 4 nitrogen and oxygen atoms in total. The van der Waals surface area contributed by atoms with E-state index in [-0.39, 0.29) is 0 Å². The van der Waals surface area contributed by atoms with Crippen LogP contribution < -0.4 is 5.73 Å². The summed E-state index contributed by atoms with van der Waals surface area (Å²) in [6, 6.07) is 1.12. The van der Waals surface area contributed by atoms with Gasteiger partial charge in [0.1, 0.15) is 0 Å². The molecule has 0 aromatic carbocycles. The number of guanidine groups is 1. The maximum Gasteiger partial charge on any atom is 0.191 e. The Kier molecular flexibility index (Phi) is 5.06. The van der Waals surface area contributed by atoms with Gasteiger partial charge in [0.05, 0.1) is 6.54 Å². The number of hydrogen-bond donors (Lipinski definition) is 1. The topological polar surface area (TPSA) is 44.9 Å². The average Bonchev–Trinajstić information content (AvgIpc) is 3.10. The van der Waals surface area contributed by atoms with E-state index in [9.17, 15) is 0 Å². The second-order valence-electron chi connectivity index (χ2n) is 4.61. The summed E-state index contributed by atoms with van der Waals surface area (Å²) >= 11 is 0. The van der Waals surface area contributed by atoms with Crippen LogP contribution in [0.25, 0.3) is 0 Å². The Balaban J connectivity index is 2.38. The second-order valence-corrected chi connectivity index (χ2v) is 4.61. The summed E-state index contributed by atoms with van der Waals surface area (Å²) in [5, 5.41) is 0. The van der Waals surface area contributed by atoms with E-state index >= 15 is 0 Å². The van der Waals surface area contributed by atoms with E-state index in [0.717, 1.165) is 19.6 Å². The molecule has 0 amide bonds. The average molecular weight is 226 g/mol. The highest BCUT2D eigenvalue weighted by atomic mass is 15.3. The zero-order valence-electron chi connectivity index (χ0n) is 11.1. The minimum absolute atomic E-state index is 0.473. The molecule has 1 saturated carbocycles. The Morgan fingerprint density at radius 1 is 1.38 bits per heavy atom. The molecule has 0 aliphatic heterocycles. The monoisotopic (exact) mass is 226 g/mol. The Hall–Kier alpha value is -0.770. The largest absolute Gasteiger partial charge is 0.370 e. The number of aliphatic imine (C=N–C) groups is 1. The molecule has 0 bridgehead atoms. The van der Waals surface area contributed by atoms with Crippen molar-refractivity contribution in [2.45, 2.75) is 45.7 Å². The van der Waals surface area contributed by atoms with Crippen molar-refractivity contribution in [3.8, 4) is 0 Å². The standard InChI is InChI=1S/C12H26N4/c1-5-16(6-2)10(3)9-14-12(13)15(4)11-7-8-11/h10-11H,5-9H2,1-4H3,(H2,13,14). The summed E-state index contributed by atoms with van der Waals surface area (Å²) in [7, 11) is 2.04. The van der Waals surface area contributed by atoms with Gasteiger partial charge < -0.3 is 10.6 Å². The SMILES string of the molecule is CCN(CC)C(C)CN=C(N)N(C)C1CC1. The van der Waals surface area contributed by atoms with Gasteiger partial charge >= 0.3 is 0 Å². The molecule has 0 radical (unpaired) electrons. The first-order valence-electron chi connectivity index (χ1n) is 6.36.